The van der Waals surface area contributed by atoms with Crippen molar-refractivity contribution in [2.45, 2.75) is 33.1 Å². The second kappa shape index (κ2) is 11.4. The van der Waals surface area contributed by atoms with Gasteiger partial charge in [-0.25, -0.2) is 0 Å². The van der Waals surface area contributed by atoms with E-state index in [1.54, 1.807) is 0 Å². The van der Waals surface area contributed by atoms with Crippen LogP contribution >= 0.6 is 0 Å². The van der Waals surface area contributed by atoms with Crippen LogP contribution in [0.1, 0.15) is 33.1 Å². The summed E-state index contributed by atoms with van der Waals surface area (Å²) in [6.07, 6.45) is 2.51. The Balaban J connectivity index is 3.92. The molecule has 0 aromatic heterocycles. The maximum absolute atomic E-state index is 10.8. The fourth-order valence-corrected chi connectivity index (χ4v) is 2.75. The van der Waals surface area contributed by atoms with Crippen LogP contribution in [-0.4, -0.2) is 76.3 Å². The topological polar surface area (TPSA) is 72.8 Å². The maximum atomic E-state index is 10.8. The highest BCUT2D eigenvalue weighted by Crippen LogP contribution is 2.07. The lowest BCUT2D eigenvalue weighted by molar-refractivity contribution is -0.910. The zero-order chi connectivity index (χ0) is 16.2. The lowest BCUT2D eigenvalue weighted by Gasteiger charge is -2.34. The number of hydrogen-bond donors (Lipinski definition) is 1. The first-order chi connectivity index (χ1) is 9.83. The first kappa shape index (κ1) is 20.8. The highest BCUT2D eigenvalue weighted by atomic mass is 32.2. The molecule has 0 fully saturated rings. The van der Waals surface area contributed by atoms with Gasteiger partial charge in [-0.1, -0.05) is 13.8 Å². The fourth-order valence-electron chi connectivity index (χ4n) is 2.26. The summed E-state index contributed by atoms with van der Waals surface area (Å²) in [5.74, 6) is -0.170. The molecule has 0 bridgehead atoms. The van der Waals surface area contributed by atoms with Gasteiger partial charge in [0.25, 0.3) is 10.1 Å². The van der Waals surface area contributed by atoms with E-state index in [2.05, 4.69) is 20.9 Å². The molecule has 0 amide bonds. The van der Waals surface area contributed by atoms with Crippen molar-refractivity contribution in [1.29, 1.82) is 0 Å². The number of likely N-dealkylation sites (N-methyl/N-ethyl adjacent to an activating group) is 1. The normalized spacial score (nSPS) is 15.0. The minimum Gasteiger partial charge on any atom is -0.379 e. The SMILES string of the molecule is CCCOCCOCC[N+](C)(CCC)CCCS(=O)(=O)O. The molecule has 1 unspecified atom stereocenters. The summed E-state index contributed by atoms with van der Waals surface area (Å²) in [7, 11) is -1.76. The molecule has 0 radical (unpaired) electrons. The Morgan fingerprint density at radius 3 is 2.05 bits per heavy atom. The fraction of sp³-hybridized carbons (Fsp3) is 1.00. The van der Waals surface area contributed by atoms with E-state index in [-0.39, 0.29) is 5.75 Å². The first-order valence-corrected chi connectivity index (χ1v) is 9.38. The third-order valence-electron chi connectivity index (χ3n) is 3.36. The van der Waals surface area contributed by atoms with Gasteiger partial charge in [0.2, 0.25) is 0 Å². The third kappa shape index (κ3) is 13.2. The Morgan fingerprint density at radius 2 is 1.52 bits per heavy atom. The highest BCUT2D eigenvalue weighted by Gasteiger charge is 2.21. The molecule has 21 heavy (non-hydrogen) atoms. The van der Waals surface area contributed by atoms with Crippen LogP contribution in [0.4, 0.5) is 0 Å². The number of nitrogens with zero attached hydrogens (tertiary/aromatic N) is 1. The maximum Gasteiger partial charge on any atom is 0.265 e. The average molecular weight is 326 g/mol. The van der Waals surface area contributed by atoms with E-state index in [1.807, 2.05) is 0 Å². The summed E-state index contributed by atoms with van der Waals surface area (Å²) in [5, 5.41) is 0. The van der Waals surface area contributed by atoms with E-state index in [0.29, 0.717) is 26.2 Å². The van der Waals surface area contributed by atoms with Crippen LogP contribution in [0.3, 0.4) is 0 Å². The Kier molecular flexibility index (Phi) is 11.3. The standard InChI is InChI=1S/C14H31NO5S/c1-4-7-15(3,8-6-14-21(16,17)18)9-11-20-13-12-19-10-5-2/h4-14H2,1-3H3/p+1. The van der Waals surface area contributed by atoms with Crippen molar-refractivity contribution in [2.24, 2.45) is 0 Å². The van der Waals surface area contributed by atoms with Gasteiger partial charge in [-0.2, -0.15) is 8.42 Å². The molecule has 0 rings (SSSR count). The molecule has 0 saturated heterocycles. The average Bonchev–Trinajstić information content (AvgIpc) is 2.36. The second-order valence-corrected chi connectivity index (χ2v) is 7.23. The minimum atomic E-state index is -3.86. The largest absolute Gasteiger partial charge is 0.379 e. The lowest BCUT2D eigenvalue weighted by atomic mass is 10.3. The molecule has 0 aliphatic carbocycles. The van der Waals surface area contributed by atoms with Gasteiger partial charge in [-0.15, -0.1) is 0 Å². The summed E-state index contributed by atoms with van der Waals surface area (Å²) in [6, 6.07) is 0. The number of ether oxygens (including phenoxy) is 2. The Hall–Kier alpha value is -0.210. The van der Waals surface area contributed by atoms with E-state index < -0.39 is 10.1 Å². The molecule has 0 aliphatic rings. The Morgan fingerprint density at radius 1 is 0.905 bits per heavy atom. The van der Waals surface area contributed by atoms with E-state index >= 15 is 0 Å². The molecule has 0 aromatic rings. The van der Waals surface area contributed by atoms with Gasteiger partial charge in [-0.05, 0) is 12.8 Å². The monoisotopic (exact) mass is 326 g/mol. The summed E-state index contributed by atoms with van der Waals surface area (Å²) in [5.41, 5.74) is 0. The van der Waals surface area contributed by atoms with E-state index in [0.717, 1.165) is 43.6 Å². The molecule has 7 heteroatoms. The number of quaternary nitrogens is 1. The van der Waals surface area contributed by atoms with Crippen molar-refractivity contribution in [3.05, 3.63) is 0 Å². The smallest absolute Gasteiger partial charge is 0.265 e. The molecule has 0 aliphatic heterocycles. The number of hydrogen-bond acceptors (Lipinski definition) is 4. The second-order valence-electron chi connectivity index (χ2n) is 5.65. The predicted octanol–water partition coefficient (Wildman–Crippen LogP) is 1.56. The van der Waals surface area contributed by atoms with E-state index in [9.17, 15) is 8.42 Å². The number of rotatable bonds is 14. The van der Waals surface area contributed by atoms with Gasteiger partial charge in [0.15, 0.2) is 0 Å². The summed E-state index contributed by atoms with van der Waals surface area (Å²) in [4.78, 5) is 0. The first-order valence-electron chi connectivity index (χ1n) is 7.77. The van der Waals surface area contributed by atoms with Crippen molar-refractivity contribution in [1.82, 2.24) is 0 Å². The molecule has 0 saturated carbocycles. The van der Waals surface area contributed by atoms with Crippen molar-refractivity contribution in [2.75, 3.05) is 58.9 Å². The summed E-state index contributed by atoms with van der Waals surface area (Å²) >= 11 is 0. The summed E-state index contributed by atoms with van der Waals surface area (Å²) < 4.78 is 42.0. The van der Waals surface area contributed by atoms with Gasteiger partial charge >= 0.3 is 0 Å². The lowest BCUT2D eigenvalue weighted by Crippen LogP contribution is -2.48. The highest BCUT2D eigenvalue weighted by molar-refractivity contribution is 7.85. The predicted molar refractivity (Wildman–Crippen MR) is 84.0 cm³/mol. The van der Waals surface area contributed by atoms with Crippen LogP contribution in [0.5, 0.6) is 0 Å². The molecular formula is C14H32NO5S+. The van der Waals surface area contributed by atoms with Crippen LogP contribution in [0.15, 0.2) is 0 Å². The van der Waals surface area contributed by atoms with Gasteiger partial charge in [0.05, 0.1) is 45.7 Å². The summed E-state index contributed by atoms with van der Waals surface area (Å²) in [6.45, 7) is 9.34. The zero-order valence-electron chi connectivity index (χ0n) is 13.7. The van der Waals surface area contributed by atoms with Crippen LogP contribution in [0.2, 0.25) is 0 Å². The van der Waals surface area contributed by atoms with Crippen LogP contribution in [0.25, 0.3) is 0 Å². The molecule has 1 N–H and O–H groups in total. The molecule has 0 spiro atoms. The molecular weight excluding hydrogens is 294 g/mol. The Labute approximate surface area is 129 Å². The van der Waals surface area contributed by atoms with Crippen molar-refractivity contribution >= 4 is 10.1 Å². The van der Waals surface area contributed by atoms with E-state index in [1.165, 1.54) is 0 Å². The van der Waals surface area contributed by atoms with E-state index in [4.69, 9.17) is 14.0 Å². The zero-order valence-corrected chi connectivity index (χ0v) is 14.5. The van der Waals surface area contributed by atoms with Gasteiger partial charge in [-0.3, -0.25) is 4.55 Å². The van der Waals surface area contributed by atoms with Crippen LogP contribution < -0.4 is 0 Å². The molecule has 0 aromatic carbocycles. The molecule has 6 nitrogen and oxygen atoms in total. The van der Waals surface area contributed by atoms with Crippen molar-refractivity contribution < 1.29 is 26.9 Å². The van der Waals surface area contributed by atoms with Crippen molar-refractivity contribution in [3.8, 4) is 0 Å². The van der Waals surface area contributed by atoms with Gasteiger partial charge < -0.3 is 14.0 Å². The van der Waals surface area contributed by atoms with Gasteiger partial charge in [0, 0.05) is 13.0 Å². The van der Waals surface area contributed by atoms with Gasteiger partial charge in [0.1, 0.15) is 6.54 Å². The molecule has 0 heterocycles. The molecule has 128 valence electrons. The molecule has 1 atom stereocenters. The van der Waals surface area contributed by atoms with Crippen LogP contribution in [-0.2, 0) is 19.6 Å². The Bertz CT molecular complexity index is 347. The van der Waals surface area contributed by atoms with Crippen LogP contribution in [0, 0.1) is 0 Å². The quantitative estimate of drug-likeness (QED) is 0.298. The van der Waals surface area contributed by atoms with Crippen molar-refractivity contribution in [3.63, 3.8) is 0 Å². The minimum absolute atomic E-state index is 0.170. The third-order valence-corrected chi connectivity index (χ3v) is 4.16.